The van der Waals surface area contributed by atoms with E-state index in [9.17, 15) is 4.79 Å². The molecular weight excluding hydrogens is 422 g/mol. The second kappa shape index (κ2) is 8.06. The molecule has 5 aliphatic rings. The number of ether oxygens (including phenoxy) is 2. The average Bonchev–Trinajstić information content (AvgIpc) is 3.39. The Morgan fingerprint density at radius 1 is 1.03 bits per heavy atom. The van der Waals surface area contributed by atoms with Crippen molar-refractivity contribution in [2.24, 2.45) is 17.3 Å². The van der Waals surface area contributed by atoms with Crippen LogP contribution in [-0.4, -0.2) is 38.9 Å². The molecule has 4 aliphatic carbocycles. The highest BCUT2D eigenvalue weighted by molar-refractivity contribution is 5.93. The van der Waals surface area contributed by atoms with Crippen LogP contribution in [0.5, 0.6) is 0 Å². The predicted molar refractivity (Wildman–Crippen MR) is 135 cm³/mol. The van der Waals surface area contributed by atoms with Crippen molar-refractivity contribution >= 4 is 11.5 Å². The second-order valence-corrected chi connectivity index (χ2v) is 11.8. The van der Waals surface area contributed by atoms with Crippen LogP contribution in [0, 0.1) is 17.3 Å². The smallest absolute Gasteiger partial charge is 0.158 e. The van der Waals surface area contributed by atoms with Crippen LogP contribution in [0.15, 0.2) is 47.1 Å². The molecule has 1 spiro atoms. The molecule has 4 nitrogen and oxygen atoms in total. The number of methoxy groups -OCH3 is 1. The Balaban J connectivity index is 1.47. The van der Waals surface area contributed by atoms with Gasteiger partial charge in [-0.3, -0.25) is 4.79 Å². The van der Waals surface area contributed by atoms with Crippen molar-refractivity contribution in [1.29, 1.82) is 0 Å². The summed E-state index contributed by atoms with van der Waals surface area (Å²) in [5.41, 5.74) is 7.29. The molecule has 0 N–H and O–H groups in total. The molecule has 1 aliphatic heterocycles. The van der Waals surface area contributed by atoms with Crippen LogP contribution in [0.4, 0.5) is 5.69 Å². The van der Waals surface area contributed by atoms with E-state index in [1.165, 1.54) is 35.2 Å². The van der Waals surface area contributed by atoms with Gasteiger partial charge in [-0.1, -0.05) is 24.6 Å². The largest absolute Gasteiger partial charge is 0.378 e. The van der Waals surface area contributed by atoms with Gasteiger partial charge >= 0.3 is 0 Å². The normalized spacial score (nSPS) is 39.1. The molecule has 1 aromatic rings. The summed E-state index contributed by atoms with van der Waals surface area (Å²) in [6.07, 6.45) is 11.4. The van der Waals surface area contributed by atoms with E-state index in [0.717, 1.165) is 38.5 Å². The quantitative estimate of drug-likeness (QED) is 0.539. The monoisotopic (exact) mass is 461 g/mol. The Bertz CT molecular complexity index is 1050. The number of nitrogens with zero attached hydrogens (tertiary/aromatic N) is 1. The Kier molecular flexibility index (Phi) is 5.35. The Hall–Kier alpha value is -1.91. The van der Waals surface area contributed by atoms with Gasteiger partial charge in [-0.05, 0) is 91.7 Å². The summed E-state index contributed by atoms with van der Waals surface area (Å²) in [7, 11) is 5.99. The molecule has 182 valence electrons. The number of rotatable bonds is 3. The van der Waals surface area contributed by atoms with Crippen LogP contribution in [0.1, 0.15) is 76.2 Å². The Morgan fingerprint density at radius 3 is 2.50 bits per heavy atom. The number of carbonyl (C=O) groups is 1. The minimum absolute atomic E-state index is 0.0570. The summed E-state index contributed by atoms with van der Waals surface area (Å²) in [6, 6.07) is 9.25. The van der Waals surface area contributed by atoms with Gasteiger partial charge in [0.2, 0.25) is 0 Å². The molecule has 6 rings (SSSR count). The second-order valence-electron chi connectivity index (χ2n) is 11.8. The summed E-state index contributed by atoms with van der Waals surface area (Å²) in [5.74, 6) is 1.97. The van der Waals surface area contributed by atoms with E-state index < -0.39 is 0 Å². The lowest BCUT2D eigenvalue weighted by atomic mass is 9.51. The van der Waals surface area contributed by atoms with Gasteiger partial charge in [0.1, 0.15) is 0 Å². The molecule has 0 aromatic heterocycles. The van der Waals surface area contributed by atoms with E-state index in [4.69, 9.17) is 9.47 Å². The average molecular weight is 462 g/mol. The molecule has 0 radical (unpaired) electrons. The number of carbonyl (C=O) groups excluding carboxylic acids is 1. The van der Waals surface area contributed by atoms with Crippen molar-refractivity contribution in [2.45, 2.75) is 82.5 Å². The van der Waals surface area contributed by atoms with Crippen LogP contribution in [0.3, 0.4) is 0 Å². The molecule has 34 heavy (non-hydrogen) atoms. The zero-order valence-electron chi connectivity index (χ0n) is 21.2. The van der Waals surface area contributed by atoms with Gasteiger partial charge in [-0.2, -0.15) is 0 Å². The minimum atomic E-state index is -0.0605. The van der Waals surface area contributed by atoms with Crippen molar-refractivity contribution in [3.63, 3.8) is 0 Å². The third-order valence-corrected chi connectivity index (χ3v) is 10.2. The van der Waals surface area contributed by atoms with E-state index in [-0.39, 0.29) is 17.3 Å². The first kappa shape index (κ1) is 22.5. The van der Waals surface area contributed by atoms with E-state index in [0.29, 0.717) is 30.0 Å². The van der Waals surface area contributed by atoms with Gasteiger partial charge in [0.15, 0.2) is 12.1 Å². The highest BCUT2D eigenvalue weighted by atomic mass is 16.7. The van der Waals surface area contributed by atoms with Gasteiger partial charge < -0.3 is 14.4 Å². The molecule has 1 heterocycles. The molecule has 3 unspecified atom stereocenters. The maximum Gasteiger partial charge on any atom is 0.158 e. The van der Waals surface area contributed by atoms with Gasteiger partial charge in [0.25, 0.3) is 0 Å². The van der Waals surface area contributed by atoms with Gasteiger partial charge in [0.05, 0.1) is 5.60 Å². The van der Waals surface area contributed by atoms with Crippen LogP contribution < -0.4 is 4.90 Å². The topological polar surface area (TPSA) is 38.8 Å². The number of anilines is 1. The molecule has 1 aromatic carbocycles. The van der Waals surface area contributed by atoms with Crippen LogP contribution >= 0.6 is 0 Å². The number of fused-ring (bicyclic) bond motifs is 5. The third kappa shape index (κ3) is 3.21. The molecule has 1 saturated heterocycles. The first-order valence-electron chi connectivity index (χ1n) is 13.3. The molecule has 0 amide bonds. The lowest BCUT2D eigenvalue weighted by Crippen LogP contribution is -2.51. The molecule has 0 bridgehead atoms. The molecular formula is C30H39NO3. The van der Waals surface area contributed by atoms with E-state index >= 15 is 0 Å². The van der Waals surface area contributed by atoms with Crippen LogP contribution in [0.2, 0.25) is 0 Å². The summed E-state index contributed by atoms with van der Waals surface area (Å²) in [6.45, 7) is 2.54. The van der Waals surface area contributed by atoms with Crippen molar-refractivity contribution in [1.82, 2.24) is 0 Å². The predicted octanol–water partition coefficient (Wildman–Crippen LogP) is 6.17. The lowest BCUT2D eigenvalue weighted by molar-refractivity contribution is -0.196. The number of hydrogen-bond acceptors (Lipinski definition) is 4. The first-order chi connectivity index (χ1) is 16.3. The van der Waals surface area contributed by atoms with Gasteiger partial charge in [-0.25, -0.2) is 0 Å². The number of benzene rings is 1. The fourth-order valence-electron chi connectivity index (χ4n) is 8.53. The van der Waals surface area contributed by atoms with E-state index in [1.54, 1.807) is 12.7 Å². The summed E-state index contributed by atoms with van der Waals surface area (Å²) in [5, 5.41) is 0. The van der Waals surface area contributed by atoms with E-state index in [2.05, 4.69) is 50.2 Å². The first-order valence-corrected chi connectivity index (χ1v) is 13.3. The van der Waals surface area contributed by atoms with Crippen LogP contribution in [-0.2, 0) is 14.3 Å². The maximum absolute atomic E-state index is 12.3. The summed E-state index contributed by atoms with van der Waals surface area (Å²) in [4.78, 5) is 14.4. The Morgan fingerprint density at radius 2 is 1.79 bits per heavy atom. The highest BCUT2D eigenvalue weighted by Gasteiger charge is 2.65. The molecule has 3 fully saturated rings. The standard InChI is InChI=1S/C30H39NO3/c1-29-18-25(19-5-8-21(9-6-19)31(2)3)28-23-12-10-22(32)17-20(23)7-11-24(28)26(29)13-15-30(29)16-14-27(33-4)34-30/h5-6,8-9,17,24-27H,7,10-16,18H2,1-4H3/t24?,25-,26?,27?,29+,30-/m1/s1. The fraction of sp³-hybridized carbons (Fsp3) is 0.633. The summed E-state index contributed by atoms with van der Waals surface area (Å²) < 4.78 is 12.4. The summed E-state index contributed by atoms with van der Waals surface area (Å²) >= 11 is 0. The Labute approximate surface area is 204 Å². The van der Waals surface area contributed by atoms with Gasteiger partial charge in [0, 0.05) is 51.1 Å². The fourth-order valence-corrected chi connectivity index (χ4v) is 8.53. The van der Waals surface area contributed by atoms with Crippen LogP contribution in [0.25, 0.3) is 0 Å². The van der Waals surface area contributed by atoms with Crippen molar-refractivity contribution < 1.29 is 14.3 Å². The molecule has 2 saturated carbocycles. The zero-order chi connectivity index (χ0) is 23.7. The molecule has 4 heteroatoms. The van der Waals surface area contributed by atoms with Gasteiger partial charge in [-0.15, -0.1) is 0 Å². The SMILES string of the molecule is COC1CC[C@@]2(CCC3C4CCC5=CC(=O)CCC5=C4[C@@H](c4ccc(N(C)C)cc4)C[C@@]32C)O1. The maximum atomic E-state index is 12.3. The number of ketones is 1. The number of allylic oxidation sites excluding steroid dienone is 4. The third-order valence-electron chi connectivity index (χ3n) is 10.2. The number of hydrogen-bond donors (Lipinski definition) is 0. The van der Waals surface area contributed by atoms with Crippen molar-refractivity contribution in [3.05, 3.63) is 52.6 Å². The van der Waals surface area contributed by atoms with Crippen molar-refractivity contribution in [2.75, 3.05) is 26.1 Å². The van der Waals surface area contributed by atoms with E-state index in [1.807, 2.05) is 6.08 Å². The van der Waals surface area contributed by atoms with Crippen molar-refractivity contribution in [3.8, 4) is 0 Å². The zero-order valence-corrected chi connectivity index (χ0v) is 21.2. The molecule has 6 atom stereocenters. The minimum Gasteiger partial charge on any atom is -0.378 e. The highest BCUT2D eigenvalue weighted by Crippen LogP contribution is 2.69. The lowest BCUT2D eigenvalue weighted by Gasteiger charge is -2.55.